The van der Waals surface area contributed by atoms with Crippen molar-refractivity contribution in [3.05, 3.63) is 34.9 Å². The van der Waals surface area contributed by atoms with Gasteiger partial charge in [-0.2, -0.15) is 0 Å². The third-order valence-electron chi connectivity index (χ3n) is 4.96. The maximum absolute atomic E-state index is 6.30. The van der Waals surface area contributed by atoms with Gasteiger partial charge in [0.1, 0.15) is 0 Å². The number of fused-ring (bicyclic) bond motifs is 1. The lowest BCUT2D eigenvalue weighted by Gasteiger charge is -2.32. The minimum absolute atomic E-state index is 0.425. The fourth-order valence-corrected chi connectivity index (χ4v) is 3.81. The molecule has 3 unspecified atom stereocenters. The highest BCUT2D eigenvalue weighted by Gasteiger charge is 2.26. The van der Waals surface area contributed by atoms with E-state index in [-0.39, 0.29) is 0 Å². The van der Waals surface area contributed by atoms with E-state index in [4.69, 9.17) is 5.73 Å². The average Bonchev–Trinajstić information content (AvgIpc) is 2.81. The van der Waals surface area contributed by atoms with E-state index in [1.807, 2.05) is 0 Å². The zero-order valence-corrected chi connectivity index (χ0v) is 11.5. The van der Waals surface area contributed by atoms with Gasteiger partial charge in [0, 0.05) is 6.04 Å². The van der Waals surface area contributed by atoms with Gasteiger partial charge in [-0.1, -0.05) is 25.1 Å². The standard InChI is InChI=1S/C17H25N/c1-12-5-8-17(18)16(9-12)11-13-6-7-14-3-2-4-15(14)10-13/h6-7,10,12,16-17H,2-5,8-9,11,18H2,1H3. The Labute approximate surface area is 111 Å². The molecule has 1 nitrogen and oxygen atoms in total. The predicted molar refractivity (Wildman–Crippen MR) is 76.7 cm³/mol. The molecule has 1 fully saturated rings. The van der Waals surface area contributed by atoms with Crippen LogP contribution in [0.2, 0.25) is 0 Å². The van der Waals surface area contributed by atoms with Gasteiger partial charge < -0.3 is 5.73 Å². The van der Waals surface area contributed by atoms with Crippen LogP contribution in [0.5, 0.6) is 0 Å². The maximum Gasteiger partial charge on any atom is 0.00705 e. The van der Waals surface area contributed by atoms with Gasteiger partial charge in [0.05, 0.1) is 0 Å². The normalized spacial score (nSPS) is 31.3. The van der Waals surface area contributed by atoms with E-state index in [2.05, 4.69) is 25.1 Å². The van der Waals surface area contributed by atoms with Crippen LogP contribution in [-0.2, 0) is 19.3 Å². The Morgan fingerprint density at radius 2 is 2.00 bits per heavy atom. The zero-order valence-electron chi connectivity index (χ0n) is 11.5. The Morgan fingerprint density at radius 1 is 1.17 bits per heavy atom. The second-order valence-corrected chi connectivity index (χ2v) is 6.50. The molecule has 1 saturated carbocycles. The number of rotatable bonds is 2. The predicted octanol–water partition coefficient (Wildman–Crippen LogP) is 3.48. The van der Waals surface area contributed by atoms with Gasteiger partial charge in [-0.05, 0) is 73.5 Å². The lowest BCUT2D eigenvalue weighted by molar-refractivity contribution is 0.244. The lowest BCUT2D eigenvalue weighted by atomic mass is 9.76. The minimum atomic E-state index is 0.425. The third kappa shape index (κ3) is 2.47. The molecule has 2 N–H and O–H groups in total. The maximum atomic E-state index is 6.30. The highest BCUT2D eigenvalue weighted by Crippen LogP contribution is 2.31. The molecule has 98 valence electrons. The molecule has 18 heavy (non-hydrogen) atoms. The summed E-state index contributed by atoms with van der Waals surface area (Å²) in [6.07, 6.45) is 8.97. The van der Waals surface area contributed by atoms with Crippen LogP contribution in [0, 0.1) is 11.8 Å². The SMILES string of the molecule is CC1CCC(N)C(Cc2ccc3c(c2)CCC3)C1. The van der Waals surface area contributed by atoms with Gasteiger partial charge in [0.25, 0.3) is 0 Å². The monoisotopic (exact) mass is 243 g/mol. The molecule has 3 atom stereocenters. The second-order valence-electron chi connectivity index (χ2n) is 6.50. The van der Waals surface area contributed by atoms with Crippen molar-refractivity contribution in [1.82, 2.24) is 0 Å². The van der Waals surface area contributed by atoms with E-state index < -0.39 is 0 Å². The van der Waals surface area contributed by atoms with Crippen LogP contribution in [-0.4, -0.2) is 6.04 Å². The molecule has 1 aromatic rings. The molecule has 0 spiro atoms. The summed E-state index contributed by atoms with van der Waals surface area (Å²) in [6.45, 7) is 2.38. The highest BCUT2D eigenvalue weighted by molar-refractivity contribution is 5.35. The van der Waals surface area contributed by atoms with E-state index in [1.165, 1.54) is 50.5 Å². The number of hydrogen-bond acceptors (Lipinski definition) is 1. The average molecular weight is 243 g/mol. The lowest BCUT2D eigenvalue weighted by Crippen LogP contribution is -2.36. The first-order valence-corrected chi connectivity index (χ1v) is 7.58. The topological polar surface area (TPSA) is 26.0 Å². The van der Waals surface area contributed by atoms with Crippen LogP contribution < -0.4 is 5.73 Å². The van der Waals surface area contributed by atoms with E-state index >= 15 is 0 Å². The summed E-state index contributed by atoms with van der Waals surface area (Å²) in [5.41, 5.74) is 11.0. The molecule has 0 amide bonds. The second kappa shape index (κ2) is 5.05. The Balaban J connectivity index is 1.72. The summed E-state index contributed by atoms with van der Waals surface area (Å²) in [6, 6.07) is 7.58. The van der Waals surface area contributed by atoms with Crippen molar-refractivity contribution in [1.29, 1.82) is 0 Å². The zero-order chi connectivity index (χ0) is 12.5. The quantitative estimate of drug-likeness (QED) is 0.845. The molecule has 0 radical (unpaired) electrons. The molecule has 0 heterocycles. The Bertz CT molecular complexity index is 424. The Hall–Kier alpha value is -0.820. The molecule has 0 saturated heterocycles. The molecule has 3 rings (SSSR count). The largest absolute Gasteiger partial charge is 0.327 e. The smallest absolute Gasteiger partial charge is 0.00705 e. The number of hydrogen-bond donors (Lipinski definition) is 1. The fraction of sp³-hybridized carbons (Fsp3) is 0.647. The number of aryl methyl sites for hydroxylation is 2. The van der Waals surface area contributed by atoms with E-state index in [0.29, 0.717) is 12.0 Å². The van der Waals surface area contributed by atoms with E-state index in [0.717, 1.165) is 5.92 Å². The number of nitrogens with two attached hydrogens (primary N) is 1. The number of benzene rings is 1. The molecular weight excluding hydrogens is 218 g/mol. The molecule has 1 aromatic carbocycles. The third-order valence-corrected chi connectivity index (χ3v) is 4.96. The summed E-state index contributed by atoms with van der Waals surface area (Å²) < 4.78 is 0. The van der Waals surface area contributed by atoms with E-state index in [9.17, 15) is 0 Å². The van der Waals surface area contributed by atoms with Crippen molar-refractivity contribution in [3.8, 4) is 0 Å². The first-order chi connectivity index (χ1) is 8.72. The van der Waals surface area contributed by atoms with Gasteiger partial charge in [-0.15, -0.1) is 0 Å². The van der Waals surface area contributed by atoms with Crippen molar-refractivity contribution in [2.75, 3.05) is 0 Å². The van der Waals surface area contributed by atoms with Crippen LogP contribution in [0.4, 0.5) is 0 Å². The summed E-state index contributed by atoms with van der Waals surface area (Å²) >= 11 is 0. The van der Waals surface area contributed by atoms with Crippen molar-refractivity contribution >= 4 is 0 Å². The van der Waals surface area contributed by atoms with Gasteiger partial charge in [0.15, 0.2) is 0 Å². The van der Waals surface area contributed by atoms with Crippen molar-refractivity contribution in [2.24, 2.45) is 17.6 Å². The fourth-order valence-electron chi connectivity index (χ4n) is 3.81. The van der Waals surface area contributed by atoms with Crippen molar-refractivity contribution in [2.45, 2.75) is 57.9 Å². The first-order valence-electron chi connectivity index (χ1n) is 7.58. The first kappa shape index (κ1) is 12.2. The molecule has 2 aliphatic rings. The molecule has 2 aliphatic carbocycles. The summed E-state index contributed by atoms with van der Waals surface area (Å²) in [4.78, 5) is 0. The molecular formula is C17H25N. The van der Waals surface area contributed by atoms with Gasteiger partial charge in [0.2, 0.25) is 0 Å². The van der Waals surface area contributed by atoms with Crippen LogP contribution in [0.1, 0.15) is 49.3 Å². The highest BCUT2D eigenvalue weighted by atomic mass is 14.7. The van der Waals surface area contributed by atoms with Crippen molar-refractivity contribution in [3.63, 3.8) is 0 Å². The molecule has 0 aromatic heterocycles. The van der Waals surface area contributed by atoms with E-state index in [1.54, 1.807) is 11.1 Å². The van der Waals surface area contributed by atoms with Gasteiger partial charge in [-0.25, -0.2) is 0 Å². The van der Waals surface area contributed by atoms with Crippen LogP contribution in [0.25, 0.3) is 0 Å². The molecule has 1 heteroatoms. The van der Waals surface area contributed by atoms with Crippen LogP contribution in [0.15, 0.2) is 18.2 Å². The minimum Gasteiger partial charge on any atom is -0.327 e. The summed E-state index contributed by atoms with van der Waals surface area (Å²) in [5, 5.41) is 0. The van der Waals surface area contributed by atoms with Gasteiger partial charge in [-0.3, -0.25) is 0 Å². The summed E-state index contributed by atoms with van der Waals surface area (Å²) in [7, 11) is 0. The molecule has 0 aliphatic heterocycles. The van der Waals surface area contributed by atoms with Crippen molar-refractivity contribution < 1.29 is 0 Å². The summed E-state index contributed by atoms with van der Waals surface area (Å²) in [5.74, 6) is 1.57. The molecule has 0 bridgehead atoms. The van der Waals surface area contributed by atoms with Crippen LogP contribution in [0.3, 0.4) is 0 Å². The van der Waals surface area contributed by atoms with Crippen LogP contribution >= 0.6 is 0 Å². The van der Waals surface area contributed by atoms with Gasteiger partial charge >= 0.3 is 0 Å². The Kier molecular flexibility index (Phi) is 3.43. The Morgan fingerprint density at radius 3 is 2.89 bits per heavy atom.